The molecule has 1 N–H and O–H groups in total. The number of carbonyl (C=O) groups excluding carboxylic acids is 1. The highest BCUT2D eigenvalue weighted by molar-refractivity contribution is 5.79. The average Bonchev–Trinajstić information content (AvgIpc) is 2.66. The van der Waals surface area contributed by atoms with Gasteiger partial charge in [-0.3, -0.25) is 4.79 Å². The van der Waals surface area contributed by atoms with Crippen LogP contribution in [0, 0.1) is 11.3 Å². The van der Waals surface area contributed by atoms with Crippen LogP contribution >= 0.6 is 0 Å². The summed E-state index contributed by atoms with van der Waals surface area (Å²) in [5, 5.41) is 3.91. The summed E-state index contributed by atoms with van der Waals surface area (Å²) < 4.78 is 10.7. The normalized spacial score (nSPS) is 20.4. The first kappa shape index (κ1) is 19.5. The quantitative estimate of drug-likeness (QED) is 0.770. The van der Waals surface area contributed by atoms with Gasteiger partial charge >= 0.3 is 5.63 Å². The largest absolute Gasteiger partial charge is 0.484 e. The minimum Gasteiger partial charge on any atom is -0.484 e. The monoisotopic (exact) mass is 371 g/mol. The number of fused-ring (bicyclic) bond motifs is 1. The van der Waals surface area contributed by atoms with Gasteiger partial charge in [0.05, 0.1) is 0 Å². The third-order valence-electron chi connectivity index (χ3n) is 6.07. The topological polar surface area (TPSA) is 68.5 Å². The number of benzene rings is 1. The number of hydrogen-bond acceptors (Lipinski definition) is 4. The molecule has 1 aromatic heterocycles. The number of nitrogens with one attached hydrogen (secondary N) is 1. The molecule has 0 spiro atoms. The Balaban J connectivity index is 1.48. The van der Waals surface area contributed by atoms with Crippen LogP contribution in [0.1, 0.15) is 52.9 Å². The fraction of sp³-hybridized carbons (Fsp3) is 0.545. The summed E-state index contributed by atoms with van der Waals surface area (Å²) in [6.45, 7) is 6.90. The smallest absolute Gasteiger partial charge is 0.336 e. The van der Waals surface area contributed by atoms with Crippen LogP contribution in [-0.4, -0.2) is 18.6 Å². The number of ether oxygens (including phenoxy) is 1. The zero-order valence-electron chi connectivity index (χ0n) is 16.4. The molecule has 1 saturated carbocycles. The van der Waals surface area contributed by atoms with Crippen LogP contribution in [0.2, 0.25) is 0 Å². The molecule has 0 unspecified atom stereocenters. The van der Waals surface area contributed by atoms with Crippen LogP contribution in [0.25, 0.3) is 11.0 Å². The van der Waals surface area contributed by atoms with Gasteiger partial charge in [0.25, 0.3) is 5.91 Å². The van der Waals surface area contributed by atoms with Crippen LogP contribution in [0.5, 0.6) is 5.75 Å². The van der Waals surface area contributed by atoms with Crippen molar-refractivity contribution >= 4 is 16.9 Å². The minimum atomic E-state index is -0.403. The maximum absolute atomic E-state index is 12.2. The van der Waals surface area contributed by atoms with E-state index in [1.807, 2.05) is 6.07 Å². The molecule has 3 rings (SSSR count). The maximum Gasteiger partial charge on any atom is 0.336 e. The number of amides is 1. The van der Waals surface area contributed by atoms with Gasteiger partial charge in [-0.1, -0.05) is 27.2 Å². The van der Waals surface area contributed by atoms with Gasteiger partial charge in [-0.05, 0) is 55.2 Å². The van der Waals surface area contributed by atoms with Crippen molar-refractivity contribution in [1.29, 1.82) is 0 Å². The highest BCUT2D eigenvalue weighted by Crippen LogP contribution is 2.40. The Bertz CT molecular complexity index is 847. The van der Waals surface area contributed by atoms with E-state index in [4.69, 9.17) is 9.15 Å². The molecule has 1 heterocycles. The molecule has 146 valence electrons. The average molecular weight is 371 g/mol. The van der Waals surface area contributed by atoms with Gasteiger partial charge in [-0.15, -0.1) is 0 Å². The fourth-order valence-electron chi connectivity index (χ4n) is 3.86. The van der Waals surface area contributed by atoms with E-state index in [0.717, 1.165) is 37.0 Å². The van der Waals surface area contributed by atoms with Crippen molar-refractivity contribution in [3.8, 4) is 5.75 Å². The molecule has 5 nitrogen and oxygen atoms in total. The lowest BCUT2D eigenvalue weighted by atomic mass is 9.69. The highest BCUT2D eigenvalue weighted by atomic mass is 16.5. The zero-order chi connectivity index (χ0) is 19.4. The predicted molar refractivity (Wildman–Crippen MR) is 106 cm³/mol. The number of carbonyl (C=O) groups is 1. The summed E-state index contributed by atoms with van der Waals surface area (Å²) >= 11 is 0. The summed E-state index contributed by atoms with van der Waals surface area (Å²) in [4.78, 5) is 23.5. The van der Waals surface area contributed by atoms with Crippen molar-refractivity contribution in [1.82, 2.24) is 5.32 Å². The number of rotatable bonds is 6. The van der Waals surface area contributed by atoms with E-state index in [2.05, 4.69) is 26.1 Å². The molecule has 5 heteroatoms. The Hall–Kier alpha value is -2.30. The second kappa shape index (κ2) is 8.15. The van der Waals surface area contributed by atoms with E-state index in [1.54, 1.807) is 18.2 Å². The molecule has 27 heavy (non-hydrogen) atoms. The van der Waals surface area contributed by atoms with E-state index in [1.165, 1.54) is 12.5 Å². The van der Waals surface area contributed by atoms with E-state index >= 15 is 0 Å². The molecular formula is C22H29NO4. The lowest BCUT2D eigenvalue weighted by Crippen LogP contribution is -2.41. The minimum absolute atomic E-state index is 0.0387. The zero-order valence-corrected chi connectivity index (χ0v) is 16.4. The third kappa shape index (κ3) is 4.90. The number of hydrogen-bond donors (Lipinski definition) is 1. The van der Waals surface area contributed by atoms with Crippen LogP contribution in [0.4, 0.5) is 0 Å². The Morgan fingerprint density at radius 1 is 1.19 bits per heavy atom. The molecule has 0 bridgehead atoms. The van der Waals surface area contributed by atoms with Gasteiger partial charge in [-0.25, -0.2) is 4.79 Å². The van der Waals surface area contributed by atoms with Gasteiger partial charge in [0.15, 0.2) is 6.61 Å². The Kier molecular flexibility index (Phi) is 5.88. The summed E-state index contributed by atoms with van der Waals surface area (Å²) in [7, 11) is 0. The van der Waals surface area contributed by atoms with E-state index in [-0.39, 0.29) is 18.6 Å². The second-order valence-electron chi connectivity index (χ2n) is 8.20. The lowest BCUT2D eigenvalue weighted by Gasteiger charge is -2.39. The van der Waals surface area contributed by atoms with Crippen molar-refractivity contribution < 1.29 is 13.9 Å². The fourth-order valence-corrected chi connectivity index (χ4v) is 3.86. The van der Waals surface area contributed by atoms with Crippen molar-refractivity contribution in [3.63, 3.8) is 0 Å². The van der Waals surface area contributed by atoms with Crippen molar-refractivity contribution in [2.24, 2.45) is 11.3 Å². The molecular weight excluding hydrogens is 342 g/mol. The van der Waals surface area contributed by atoms with Gasteiger partial charge in [0.1, 0.15) is 11.3 Å². The summed E-state index contributed by atoms with van der Waals surface area (Å²) in [5.74, 6) is 1.14. The first-order chi connectivity index (χ1) is 12.9. The molecule has 1 aliphatic rings. The molecule has 0 saturated heterocycles. The SMILES string of the molecule is CCC(C)(C)C1CCC(NC(=O)COc2ccc3ccc(=O)oc3c2)CC1. The van der Waals surface area contributed by atoms with Crippen LogP contribution in [0.15, 0.2) is 39.5 Å². The molecule has 0 radical (unpaired) electrons. The van der Waals surface area contributed by atoms with E-state index in [9.17, 15) is 9.59 Å². The van der Waals surface area contributed by atoms with Gasteiger partial charge < -0.3 is 14.5 Å². The molecule has 1 aliphatic carbocycles. The van der Waals surface area contributed by atoms with Crippen molar-refractivity contribution in [3.05, 3.63) is 40.8 Å². The van der Waals surface area contributed by atoms with Crippen LogP contribution in [-0.2, 0) is 4.79 Å². The Labute approximate surface area is 160 Å². The molecule has 2 aromatic rings. The summed E-state index contributed by atoms with van der Waals surface area (Å²) in [6.07, 6.45) is 5.57. The van der Waals surface area contributed by atoms with Gasteiger partial charge in [0, 0.05) is 23.6 Å². The van der Waals surface area contributed by atoms with Crippen LogP contribution < -0.4 is 15.7 Å². The third-order valence-corrected chi connectivity index (χ3v) is 6.07. The standard InChI is InChI=1S/C22H29NO4/c1-4-22(2,3)16-7-9-17(10-8-16)23-20(24)14-26-18-11-5-15-6-12-21(25)27-19(15)13-18/h5-6,11-13,16-17H,4,7-10,14H2,1-3H3,(H,23,24). The lowest BCUT2D eigenvalue weighted by molar-refractivity contribution is -0.124. The van der Waals surface area contributed by atoms with E-state index in [0.29, 0.717) is 16.7 Å². The Morgan fingerprint density at radius 3 is 2.59 bits per heavy atom. The summed E-state index contributed by atoms with van der Waals surface area (Å²) in [6, 6.07) is 8.54. The first-order valence-electron chi connectivity index (χ1n) is 9.83. The second-order valence-corrected chi connectivity index (χ2v) is 8.20. The predicted octanol–water partition coefficient (Wildman–Crippen LogP) is 4.28. The molecule has 0 atom stereocenters. The molecule has 1 amide bonds. The van der Waals surface area contributed by atoms with E-state index < -0.39 is 5.63 Å². The van der Waals surface area contributed by atoms with Crippen molar-refractivity contribution in [2.45, 2.75) is 58.9 Å². The van der Waals surface area contributed by atoms with Crippen LogP contribution in [0.3, 0.4) is 0 Å². The Morgan fingerprint density at radius 2 is 1.89 bits per heavy atom. The highest BCUT2D eigenvalue weighted by Gasteiger charge is 2.32. The van der Waals surface area contributed by atoms with Gasteiger partial charge in [-0.2, -0.15) is 0 Å². The molecule has 1 fully saturated rings. The molecule has 0 aliphatic heterocycles. The first-order valence-corrected chi connectivity index (χ1v) is 9.83. The summed E-state index contributed by atoms with van der Waals surface area (Å²) in [5.41, 5.74) is 0.430. The maximum atomic E-state index is 12.2. The van der Waals surface area contributed by atoms with Crippen molar-refractivity contribution in [2.75, 3.05) is 6.61 Å². The van der Waals surface area contributed by atoms with Gasteiger partial charge in [0.2, 0.25) is 0 Å². The molecule has 1 aromatic carbocycles.